The van der Waals surface area contributed by atoms with E-state index in [4.69, 9.17) is 5.11 Å². The van der Waals surface area contributed by atoms with Gasteiger partial charge in [-0.1, -0.05) is 20.8 Å². The molecule has 100 valence electrons. The minimum Gasteiger partial charge on any atom is -0.396 e. The standard InChI is InChI=1S/C13H21N3OS/c1-13(2,3)11(4-6-17)14-8-10-9-16-5-7-18-12(16)15-10/h5,7,9,11,14,17H,4,6,8H2,1-3H3. The van der Waals surface area contributed by atoms with Crippen LogP contribution < -0.4 is 5.32 Å². The maximum absolute atomic E-state index is 9.12. The Hall–Kier alpha value is -0.910. The van der Waals surface area contributed by atoms with Crippen LogP contribution in [0.2, 0.25) is 0 Å². The first-order valence-electron chi connectivity index (χ1n) is 6.26. The van der Waals surface area contributed by atoms with E-state index in [0.717, 1.165) is 23.6 Å². The van der Waals surface area contributed by atoms with Crippen molar-refractivity contribution in [2.45, 2.75) is 39.8 Å². The first-order valence-corrected chi connectivity index (χ1v) is 7.14. The number of hydrogen-bond donors (Lipinski definition) is 2. The molecule has 0 bridgehead atoms. The number of nitrogens with zero attached hydrogens (tertiary/aromatic N) is 2. The Kier molecular flexibility index (Phi) is 4.04. The van der Waals surface area contributed by atoms with Gasteiger partial charge in [-0.25, -0.2) is 4.98 Å². The molecule has 2 rings (SSSR count). The number of imidazole rings is 1. The van der Waals surface area contributed by atoms with Crippen LogP contribution in [-0.2, 0) is 6.54 Å². The molecule has 0 aliphatic heterocycles. The van der Waals surface area contributed by atoms with Gasteiger partial charge in [0.15, 0.2) is 4.96 Å². The smallest absolute Gasteiger partial charge is 0.193 e. The Morgan fingerprint density at radius 3 is 2.89 bits per heavy atom. The second-order valence-corrected chi connectivity index (χ2v) is 6.51. The van der Waals surface area contributed by atoms with E-state index in [2.05, 4.69) is 37.3 Å². The fourth-order valence-electron chi connectivity index (χ4n) is 2.06. The predicted octanol–water partition coefficient (Wildman–Crippen LogP) is 2.28. The van der Waals surface area contributed by atoms with Gasteiger partial charge in [-0.3, -0.25) is 4.40 Å². The van der Waals surface area contributed by atoms with Crippen molar-refractivity contribution in [2.24, 2.45) is 5.41 Å². The van der Waals surface area contributed by atoms with Crippen LogP contribution in [0.15, 0.2) is 17.8 Å². The summed E-state index contributed by atoms with van der Waals surface area (Å²) in [5.41, 5.74) is 1.19. The number of nitrogens with one attached hydrogen (secondary N) is 1. The SMILES string of the molecule is CC(C)(C)C(CCO)NCc1cn2ccsc2n1. The van der Waals surface area contributed by atoms with Crippen LogP contribution in [0.25, 0.3) is 4.96 Å². The molecule has 1 unspecified atom stereocenters. The summed E-state index contributed by atoms with van der Waals surface area (Å²) in [7, 11) is 0. The van der Waals surface area contributed by atoms with Crippen LogP contribution in [-0.4, -0.2) is 27.1 Å². The number of aliphatic hydroxyl groups excluding tert-OH is 1. The van der Waals surface area contributed by atoms with Crippen molar-refractivity contribution in [3.8, 4) is 0 Å². The molecular formula is C13H21N3OS. The lowest BCUT2D eigenvalue weighted by molar-refractivity contribution is 0.196. The van der Waals surface area contributed by atoms with Crippen molar-refractivity contribution in [2.75, 3.05) is 6.61 Å². The normalized spacial score (nSPS) is 14.2. The van der Waals surface area contributed by atoms with Gasteiger partial charge < -0.3 is 10.4 Å². The highest BCUT2D eigenvalue weighted by atomic mass is 32.1. The van der Waals surface area contributed by atoms with Gasteiger partial charge in [-0.2, -0.15) is 0 Å². The first-order chi connectivity index (χ1) is 8.50. The summed E-state index contributed by atoms with van der Waals surface area (Å²) in [5.74, 6) is 0. The molecule has 0 saturated carbocycles. The molecule has 5 heteroatoms. The average Bonchev–Trinajstić information content (AvgIpc) is 2.82. The summed E-state index contributed by atoms with van der Waals surface area (Å²) in [6, 6.07) is 0.294. The van der Waals surface area contributed by atoms with E-state index >= 15 is 0 Å². The van der Waals surface area contributed by atoms with Crippen molar-refractivity contribution < 1.29 is 5.11 Å². The summed E-state index contributed by atoms with van der Waals surface area (Å²) >= 11 is 1.64. The molecule has 0 aliphatic rings. The third-order valence-corrected chi connectivity index (χ3v) is 3.91. The van der Waals surface area contributed by atoms with Crippen LogP contribution in [0.5, 0.6) is 0 Å². The Bertz CT molecular complexity index is 469. The molecule has 0 amide bonds. The Labute approximate surface area is 112 Å². The van der Waals surface area contributed by atoms with Gasteiger partial charge in [0.2, 0.25) is 0 Å². The largest absolute Gasteiger partial charge is 0.396 e. The highest BCUT2D eigenvalue weighted by Gasteiger charge is 2.23. The quantitative estimate of drug-likeness (QED) is 0.874. The van der Waals surface area contributed by atoms with Crippen molar-refractivity contribution in [1.82, 2.24) is 14.7 Å². The van der Waals surface area contributed by atoms with Crippen molar-refractivity contribution in [3.63, 3.8) is 0 Å². The summed E-state index contributed by atoms with van der Waals surface area (Å²) in [4.78, 5) is 5.57. The average molecular weight is 267 g/mol. The number of aliphatic hydroxyl groups is 1. The van der Waals surface area contributed by atoms with Crippen LogP contribution in [0.1, 0.15) is 32.9 Å². The van der Waals surface area contributed by atoms with Crippen LogP contribution in [0, 0.1) is 5.41 Å². The molecule has 2 aromatic rings. The summed E-state index contributed by atoms with van der Waals surface area (Å²) in [6.07, 6.45) is 4.84. The van der Waals surface area contributed by atoms with E-state index in [0.29, 0.717) is 6.04 Å². The molecule has 0 spiro atoms. The van der Waals surface area contributed by atoms with Gasteiger partial charge in [0.1, 0.15) is 0 Å². The molecule has 0 aliphatic carbocycles. The second kappa shape index (κ2) is 5.38. The topological polar surface area (TPSA) is 49.6 Å². The van der Waals surface area contributed by atoms with Gasteiger partial charge in [0.25, 0.3) is 0 Å². The van der Waals surface area contributed by atoms with Gasteiger partial charge in [0.05, 0.1) is 5.69 Å². The maximum atomic E-state index is 9.12. The zero-order valence-corrected chi connectivity index (χ0v) is 12.0. The fourth-order valence-corrected chi connectivity index (χ4v) is 2.78. The molecule has 2 N–H and O–H groups in total. The van der Waals surface area contributed by atoms with E-state index in [1.807, 2.05) is 16.0 Å². The van der Waals surface area contributed by atoms with Gasteiger partial charge in [0, 0.05) is 37.0 Å². The number of rotatable bonds is 5. The fraction of sp³-hybridized carbons (Fsp3) is 0.615. The van der Waals surface area contributed by atoms with Crippen LogP contribution in [0.4, 0.5) is 0 Å². The number of fused-ring (bicyclic) bond motifs is 1. The molecule has 2 heterocycles. The lowest BCUT2D eigenvalue weighted by atomic mass is 9.85. The third-order valence-electron chi connectivity index (χ3n) is 3.14. The molecule has 0 aromatic carbocycles. The molecule has 0 saturated heterocycles. The Balaban J connectivity index is 1.98. The third kappa shape index (κ3) is 3.10. The van der Waals surface area contributed by atoms with Crippen molar-refractivity contribution >= 4 is 16.3 Å². The predicted molar refractivity (Wildman–Crippen MR) is 74.9 cm³/mol. The van der Waals surface area contributed by atoms with Crippen molar-refractivity contribution in [3.05, 3.63) is 23.5 Å². The molecular weight excluding hydrogens is 246 g/mol. The summed E-state index contributed by atoms with van der Waals surface area (Å²) < 4.78 is 2.04. The molecule has 0 fully saturated rings. The monoisotopic (exact) mass is 267 g/mol. The summed E-state index contributed by atoms with van der Waals surface area (Å²) in [5, 5.41) is 14.6. The highest BCUT2D eigenvalue weighted by Crippen LogP contribution is 2.22. The van der Waals surface area contributed by atoms with Crippen LogP contribution >= 0.6 is 11.3 Å². The lowest BCUT2D eigenvalue weighted by Crippen LogP contribution is -2.40. The zero-order valence-electron chi connectivity index (χ0n) is 11.2. The molecule has 1 atom stereocenters. The van der Waals surface area contributed by atoms with Gasteiger partial charge >= 0.3 is 0 Å². The number of thiazole rings is 1. The molecule has 2 aromatic heterocycles. The van der Waals surface area contributed by atoms with Crippen LogP contribution in [0.3, 0.4) is 0 Å². The van der Waals surface area contributed by atoms with E-state index in [-0.39, 0.29) is 12.0 Å². The summed E-state index contributed by atoms with van der Waals surface area (Å²) in [6.45, 7) is 7.52. The number of hydrogen-bond acceptors (Lipinski definition) is 4. The first kappa shape index (κ1) is 13.5. The molecule has 18 heavy (non-hydrogen) atoms. The van der Waals surface area contributed by atoms with Gasteiger partial charge in [-0.05, 0) is 11.8 Å². The zero-order chi connectivity index (χ0) is 13.2. The Morgan fingerprint density at radius 1 is 1.50 bits per heavy atom. The highest BCUT2D eigenvalue weighted by molar-refractivity contribution is 7.15. The van der Waals surface area contributed by atoms with E-state index < -0.39 is 0 Å². The van der Waals surface area contributed by atoms with E-state index in [1.165, 1.54) is 0 Å². The second-order valence-electron chi connectivity index (χ2n) is 5.64. The molecule has 0 radical (unpaired) electrons. The minimum absolute atomic E-state index is 0.139. The van der Waals surface area contributed by atoms with Crippen molar-refractivity contribution in [1.29, 1.82) is 0 Å². The van der Waals surface area contributed by atoms with E-state index in [1.54, 1.807) is 11.3 Å². The lowest BCUT2D eigenvalue weighted by Gasteiger charge is -2.31. The Morgan fingerprint density at radius 2 is 2.28 bits per heavy atom. The minimum atomic E-state index is 0.139. The maximum Gasteiger partial charge on any atom is 0.193 e. The number of aromatic nitrogens is 2. The van der Waals surface area contributed by atoms with Gasteiger partial charge in [-0.15, -0.1) is 11.3 Å². The molecule has 4 nitrogen and oxygen atoms in total. The van der Waals surface area contributed by atoms with E-state index in [9.17, 15) is 0 Å².